The van der Waals surface area contributed by atoms with Gasteiger partial charge in [0.2, 0.25) is 0 Å². The normalized spacial score (nSPS) is 10.1. The van der Waals surface area contributed by atoms with Gasteiger partial charge in [0.25, 0.3) is 5.91 Å². The lowest BCUT2D eigenvalue weighted by Crippen LogP contribution is -2.12. The van der Waals surface area contributed by atoms with E-state index in [2.05, 4.69) is 21.5 Å². The van der Waals surface area contributed by atoms with Gasteiger partial charge in [0.05, 0.1) is 11.6 Å². The van der Waals surface area contributed by atoms with Gasteiger partial charge >= 0.3 is 0 Å². The van der Waals surface area contributed by atoms with Crippen molar-refractivity contribution in [3.8, 4) is 23.1 Å². The van der Waals surface area contributed by atoms with Gasteiger partial charge in [0, 0.05) is 5.56 Å². The standard InChI is InChI=1S/C17H13N5O2/c18-9-11-2-1-3-12(8-11)10-24-14-6-4-13(5-7-14)15-16(17(19)23)21-22-20-15/h1-8H,10H2,(H2,19,23)(H,20,21,22). The predicted molar refractivity (Wildman–Crippen MR) is 85.8 cm³/mol. The highest BCUT2D eigenvalue weighted by Gasteiger charge is 2.14. The number of nitrogens with one attached hydrogen (secondary N) is 1. The van der Waals surface area contributed by atoms with E-state index in [1.807, 2.05) is 12.1 Å². The van der Waals surface area contributed by atoms with E-state index >= 15 is 0 Å². The summed E-state index contributed by atoms with van der Waals surface area (Å²) in [5.74, 6) is 0.0154. The van der Waals surface area contributed by atoms with Crippen molar-refractivity contribution in [1.82, 2.24) is 15.4 Å². The Kier molecular flexibility index (Phi) is 4.21. The van der Waals surface area contributed by atoms with E-state index in [-0.39, 0.29) is 5.69 Å². The van der Waals surface area contributed by atoms with Crippen LogP contribution in [0.5, 0.6) is 5.75 Å². The molecular weight excluding hydrogens is 306 g/mol. The first-order valence-corrected chi connectivity index (χ1v) is 7.10. The molecule has 1 aromatic heterocycles. The molecule has 1 amide bonds. The Balaban J connectivity index is 1.72. The van der Waals surface area contributed by atoms with E-state index in [0.717, 1.165) is 5.56 Å². The number of benzene rings is 2. The Morgan fingerprint density at radius 2 is 2.00 bits per heavy atom. The van der Waals surface area contributed by atoms with Crippen LogP contribution in [0.15, 0.2) is 48.5 Å². The number of carbonyl (C=O) groups excluding carboxylic acids is 1. The number of primary amides is 1. The quantitative estimate of drug-likeness (QED) is 0.746. The molecule has 0 aliphatic rings. The van der Waals surface area contributed by atoms with Crippen LogP contribution in [0.3, 0.4) is 0 Å². The maximum Gasteiger partial charge on any atom is 0.271 e. The van der Waals surface area contributed by atoms with E-state index < -0.39 is 5.91 Å². The maximum absolute atomic E-state index is 11.3. The van der Waals surface area contributed by atoms with Crippen LogP contribution < -0.4 is 10.5 Å². The second kappa shape index (κ2) is 6.62. The molecule has 2 aromatic carbocycles. The zero-order valence-electron chi connectivity index (χ0n) is 12.6. The second-order valence-electron chi connectivity index (χ2n) is 5.01. The molecule has 0 radical (unpaired) electrons. The first-order valence-electron chi connectivity index (χ1n) is 7.10. The van der Waals surface area contributed by atoms with Crippen LogP contribution in [0.1, 0.15) is 21.6 Å². The molecule has 3 N–H and O–H groups in total. The lowest BCUT2D eigenvalue weighted by Gasteiger charge is -2.07. The number of aromatic amines is 1. The molecule has 7 heteroatoms. The number of nitrogens with two attached hydrogens (primary N) is 1. The fraction of sp³-hybridized carbons (Fsp3) is 0.0588. The molecule has 3 rings (SSSR count). The van der Waals surface area contributed by atoms with E-state index in [9.17, 15) is 4.79 Å². The van der Waals surface area contributed by atoms with Crippen LogP contribution in [-0.2, 0) is 6.61 Å². The molecule has 3 aromatic rings. The number of rotatable bonds is 5. The monoisotopic (exact) mass is 319 g/mol. The summed E-state index contributed by atoms with van der Waals surface area (Å²) < 4.78 is 5.70. The van der Waals surface area contributed by atoms with Crippen molar-refractivity contribution in [2.24, 2.45) is 5.73 Å². The van der Waals surface area contributed by atoms with Gasteiger partial charge in [-0.2, -0.15) is 20.7 Å². The van der Waals surface area contributed by atoms with Crippen molar-refractivity contribution in [3.05, 3.63) is 65.4 Å². The summed E-state index contributed by atoms with van der Waals surface area (Å²) in [7, 11) is 0. The van der Waals surface area contributed by atoms with Crippen molar-refractivity contribution in [1.29, 1.82) is 5.26 Å². The van der Waals surface area contributed by atoms with Crippen molar-refractivity contribution in [3.63, 3.8) is 0 Å². The number of amides is 1. The SMILES string of the molecule is N#Cc1cccc(COc2ccc(-c3n[nH]nc3C(N)=O)cc2)c1. The molecule has 0 atom stereocenters. The summed E-state index contributed by atoms with van der Waals surface area (Å²) in [5, 5.41) is 19.0. The Labute approximate surface area is 137 Å². The van der Waals surface area contributed by atoms with Crippen molar-refractivity contribution >= 4 is 5.91 Å². The number of aromatic nitrogens is 3. The number of carbonyl (C=O) groups is 1. The molecule has 0 fully saturated rings. The van der Waals surface area contributed by atoms with E-state index in [0.29, 0.717) is 29.2 Å². The van der Waals surface area contributed by atoms with E-state index in [4.69, 9.17) is 15.7 Å². The number of nitriles is 1. The minimum absolute atomic E-state index is 0.0944. The van der Waals surface area contributed by atoms with Crippen molar-refractivity contribution in [2.45, 2.75) is 6.61 Å². The molecule has 24 heavy (non-hydrogen) atoms. The van der Waals surface area contributed by atoms with Gasteiger partial charge < -0.3 is 10.5 Å². The largest absolute Gasteiger partial charge is 0.489 e. The van der Waals surface area contributed by atoms with Gasteiger partial charge in [-0.05, 0) is 42.0 Å². The molecule has 0 aliphatic heterocycles. The molecule has 0 saturated heterocycles. The van der Waals surface area contributed by atoms with Crippen molar-refractivity contribution in [2.75, 3.05) is 0 Å². The van der Waals surface area contributed by atoms with E-state index in [1.165, 1.54) is 0 Å². The Morgan fingerprint density at radius 1 is 1.21 bits per heavy atom. The summed E-state index contributed by atoms with van der Waals surface area (Å²) >= 11 is 0. The van der Waals surface area contributed by atoms with Crippen LogP contribution >= 0.6 is 0 Å². The van der Waals surface area contributed by atoms with Gasteiger partial charge in [-0.25, -0.2) is 0 Å². The lowest BCUT2D eigenvalue weighted by atomic mass is 10.1. The Hall–Kier alpha value is -3.66. The molecule has 1 heterocycles. The number of ether oxygens (including phenoxy) is 1. The average molecular weight is 319 g/mol. The molecule has 0 saturated carbocycles. The maximum atomic E-state index is 11.3. The van der Waals surface area contributed by atoms with Crippen molar-refractivity contribution < 1.29 is 9.53 Å². The third-order valence-corrected chi connectivity index (χ3v) is 3.37. The summed E-state index contributed by atoms with van der Waals surface area (Å²) in [6, 6.07) is 16.4. The summed E-state index contributed by atoms with van der Waals surface area (Å²) in [6.45, 7) is 0.353. The topological polar surface area (TPSA) is 118 Å². The number of nitrogens with zero attached hydrogens (tertiary/aromatic N) is 3. The zero-order valence-corrected chi connectivity index (χ0v) is 12.6. The fourth-order valence-corrected chi connectivity index (χ4v) is 2.21. The zero-order chi connectivity index (χ0) is 16.9. The van der Waals surface area contributed by atoms with Crippen LogP contribution in [0.4, 0.5) is 0 Å². The van der Waals surface area contributed by atoms with E-state index in [1.54, 1.807) is 36.4 Å². The van der Waals surface area contributed by atoms with Crippen LogP contribution in [0.25, 0.3) is 11.3 Å². The molecule has 0 unspecified atom stereocenters. The second-order valence-corrected chi connectivity index (χ2v) is 5.01. The van der Waals surface area contributed by atoms with Crippen LogP contribution in [0.2, 0.25) is 0 Å². The third-order valence-electron chi connectivity index (χ3n) is 3.37. The minimum atomic E-state index is -0.642. The lowest BCUT2D eigenvalue weighted by molar-refractivity contribution is 0.0996. The third kappa shape index (κ3) is 3.23. The summed E-state index contributed by atoms with van der Waals surface area (Å²) in [6.07, 6.45) is 0. The summed E-state index contributed by atoms with van der Waals surface area (Å²) in [4.78, 5) is 11.3. The molecule has 118 valence electrons. The predicted octanol–water partition coefficient (Wildman–Crippen LogP) is 2.02. The van der Waals surface area contributed by atoms with Gasteiger partial charge in [-0.15, -0.1) is 0 Å². The van der Waals surface area contributed by atoms with Gasteiger partial charge in [-0.3, -0.25) is 4.79 Å². The highest BCUT2D eigenvalue weighted by Crippen LogP contribution is 2.23. The highest BCUT2D eigenvalue weighted by atomic mass is 16.5. The van der Waals surface area contributed by atoms with Gasteiger partial charge in [0.15, 0.2) is 5.69 Å². The van der Waals surface area contributed by atoms with Gasteiger partial charge in [-0.1, -0.05) is 12.1 Å². The number of hydrogen-bond acceptors (Lipinski definition) is 5. The Morgan fingerprint density at radius 3 is 2.71 bits per heavy atom. The smallest absolute Gasteiger partial charge is 0.271 e. The number of hydrogen-bond donors (Lipinski definition) is 2. The molecule has 7 nitrogen and oxygen atoms in total. The molecule has 0 aliphatic carbocycles. The average Bonchev–Trinajstić information content (AvgIpc) is 3.10. The molecule has 0 spiro atoms. The molecular formula is C17H13N5O2. The number of H-pyrrole nitrogens is 1. The molecule has 0 bridgehead atoms. The Bertz CT molecular complexity index is 909. The van der Waals surface area contributed by atoms with Crippen LogP contribution in [-0.4, -0.2) is 21.3 Å². The first kappa shape index (κ1) is 15.2. The minimum Gasteiger partial charge on any atom is -0.489 e. The fourth-order valence-electron chi connectivity index (χ4n) is 2.21. The first-order chi connectivity index (χ1) is 11.7. The highest BCUT2D eigenvalue weighted by molar-refractivity contribution is 5.96. The summed E-state index contributed by atoms with van der Waals surface area (Å²) in [5.41, 5.74) is 7.95. The van der Waals surface area contributed by atoms with Gasteiger partial charge in [0.1, 0.15) is 18.1 Å². The van der Waals surface area contributed by atoms with Crippen LogP contribution in [0, 0.1) is 11.3 Å².